The minimum atomic E-state index is -0.638. The maximum absolute atomic E-state index is 13.6. The molecule has 0 aliphatic carbocycles. The van der Waals surface area contributed by atoms with Gasteiger partial charge in [-0.3, -0.25) is 19.6 Å². The van der Waals surface area contributed by atoms with Crippen LogP contribution in [0.3, 0.4) is 0 Å². The van der Waals surface area contributed by atoms with Crippen LogP contribution in [0, 0.1) is 11.6 Å². The Labute approximate surface area is 224 Å². The molecular weight excluding hydrogens is 502 g/mol. The van der Waals surface area contributed by atoms with Gasteiger partial charge in [0, 0.05) is 54.9 Å². The lowest BCUT2D eigenvalue weighted by Crippen LogP contribution is -2.50. The number of carbonyl (C=O) groups excluding carboxylic acids is 2. The summed E-state index contributed by atoms with van der Waals surface area (Å²) in [6.45, 7) is 7.20. The molecule has 5 rings (SSSR count). The fourth-order valence-electron chi connectivity index (χ4n) is 4.92. The van der Waals surface area contributed by atoms with Gasteiger partial charge in [-0.15, -0.1) is 0 Å². The fourth-order valence-corrected chi connectivity index (χ4v) is 4.92. The molecule has 0 unspecified atom stereocenters. The van der Waals surface area contributed by atoms with Crippen LogP contribution >= 0.6 is 0 Å². The second-order valence-electron chi connectivity index (χ2n) is 10.1. The number of rotatable bonds is 6. The third-order valence-electron chi connectivity index (χ3n) is 7.06. The normalized spacial score (nSPS) is 14.2. The summed E-state index contributed by atoms with van der Waals surface area (Å²) in [5.74, 6) is -1.56. The molecule has 4 aromatic rings. The first kappa shape index (κ1) is 26.3. The van der Waals surface area contributed by atoms with Gasteiger partial charge in [-0.25, -0.2) is 8.78 Å². The number of piperazine rings is 1. The smallest absolute Gasteiger partial charge is 0.258 e. The molecule has 1 saturated heterocycles. The van der Waals surface area contributed by atoms with Crippen LogP contribution in [0.25, 0.3) is 10.9 Å². The van der Waals surface area contributed by atoms with Crippen molar-refractivity contribution >= 4 is 34.2 Å². The molecular formula is C29H30F2N6O2. The van der Waals surface area contributed by atoms with Gasteiger partial charge >= 0.3 is 0 Å². The Bertz CT molecular complexity index is 1520. The number of nitrogen functional groups attached to an aromatic ring is 1. The zero-order chi connectivity index (χ0) is 27.7. The average Bonchev–Trinajstić information content (AvgIpc) is 3.29. The Kier molecular flexibility index (Phi) is 7.30. The topological polar surface area (TPSA) is 107 Å². The minimum absolute atomic E-state index is 0.110. The van der Waals surface area contributed by atoms with E-state index in [1.807, 2.05) is 6.07 Å². The molecule has 2 amide bonds. The molecule has 0 radical (unpaired) electrons. The number of amides is 2. The van der Waals surface area contributed by atoms with Gasteiger partial charge < -0.3 is 16.0 Å². The van der Waals surface area contributed by atoms with Gasteiger partial charge in [-0.2, -0.15) is 5.10 Å². The Morgan fingerprint density at radius 3 is 2.36 bits per heavy atom. The molecule has 1 aliphatic heterocycles. The maximum atomic E-state index is 13.6. The molecule has 1 aromatic heterocycles. The lowest BCUT2D eigenvalue weighted by Gasteiger charge is -2.37. The molecule has 0 saturated carbocycles. The zero-order valence-corrected chi connectivity index (χ0v) is 21.8. The molecule has 1 fully saturated rings. The summed E-state index contributed by atoms with van der Waals surface area (Å²) in [6, 6.07) is 14.0. The Morgan fingerprint density at radius 1 is 0.974 bits per heavy atom. The summed E-state index contributed by atoms with van der Waals surface area (Å²) in [7, 11) is 0. The molecule has 8 nitrogen and oxygen atoms in total. The van der Waals surface area contributed by atoms with Crippen molar-refractivity contribution in [3.8, 4) is 0 Å². The largest absolute Gasteiger partial charge is 0.398 e. The van der Waals surface area contributed by atoms with Crippen molar-refractivity contribution in [1.82, 2.24) is 20.0 Å². The quantitative estimate of drug-likeness (QED) is 0.319. The van der Waals surface area contributed by atoms with Gasteiger partial charge in [0.2, 0.25) is 0 Å². The van der Waals surface area contributed by atoms with Crippen molar-refractivity contribution < 1.29 is 18.4 Å². The van der Waals surface area contributed by atoms with E-state index in [1.54, 1.807) is 29.2 Å². The third kappa shape index (κ3) is 5.75. The Balaban J connectivity index is 1.30. The molecule has 0 spiro atoms. The van der Waals surface area contributed by atoms with Gasteiger partial charge in [0.05, 0.1) is 11.1 Å². The number of halogens is 2. The van der Waals surface area contributed by atoms with Crippen molar-refractivity contribution in [1.29, 1.82) is 0 Å². The van der Waals surface area contributed by atoms with Crippen molar-refractivity contribution in [2.24, 2.45) is 0 Å². The number of H-pyrrole nitrogens is 1. The highest BCUT2D eigenvalue weighted by Crippen LogP contribution is 2.25. The highest BCUT2D eigenvalue weighted by Gasteiger charge is 2.24. The van der Waals surface area contributed by atoms with E-state index in [1.165, 1.54) is 18.2 Å². The molecule has 0 bridgehead atoms. The number of nitrogens with zero attached hydrogens (tertiary/aromatic N) is 3. The molecule has 2 heterocycles. The van der Waals surface area contributed by atoms with Crippen molar-refractivity contribution in [3.05, 3.63) is 88.5 Å². The number of hydrogen-bond acceptors (Lipinski definition) is 5. The first-order chi connectivity index (χ1) is 18.7. The standard InChI is InChI=1S/C29H30F2N6O2/c1-17(2)36-7-9-37(10-8-36)29(39)20-4-5-23(25(32)15-20)28(38)33-27-24-14-18(3-6-26(24)34-35-27)11-19-12-21(30)16-22(31)13-19/h3-6,12-17H,7-11,32H2,1-2H3,(H2,33,34,35,38). The first-order valence-electron chi connectivity index (χ1n) is 12.8. The van der Waals surface area contributed by atoms with E-state index in [4.69, 9.17) is 5.73 Å². The summed E-state index contributed by atoms with van der Waals surface area (Å²) in [5.41, 5.74) is 9.01. The lowest BCUT2D eigenvalue weighted by molar-refractivity contribution is 0.0595. The van der Waals surface area contributed by atoms with Crippen LogP contribution in [0.1, 0.15) is 45.7 Å². The van der Waals surface area contributed by atoms with Gasteiger partial charge in [0.15, 0.2) is 5.82 Å². The molecule has 39 heavy (non-hydrogen) atoms. The SMILES string of the molecule is CC(C)N1CCN(C(=O)c2ccc(C(=O)Nc3n[nH]c4ccc(Cc5cc(F)cc(F)c5)cc34)c(N)c2)CC1. The maximum Gasteiger partial charge on any atom is 0.258 e. The summed E-state index contributed by atoms with van der Waals surface area (Å²) < 4.78 is 27.2. The lowest BCUT2D eigenvalue weighted by atomic mass is 10.0. The number of aromatic amines is 1. The van der Waals surface area contributed by atoms with Crippen molar-refractivity contribution in [2.45, 2.75) is 26.3 Å². The molecule has 10 heteroatoms. The predicted octanol–water partition coefficient (Wildman–Crippen LogP) is 4.43. The van der Waals surface area contributed by atoms with Crippen LogP contribution in [-0.2, 0) is 6.42 Å². The molecule has 4 N–H and O–H groups in total. The fraction of sp³-hybridized carbons (Fsp3) is 0.276. The minimum Gasteiger partial charge on any atom is -0.398 e. The van der Waals surface area contributed by atoms with Crippen LogP contribution in [0.15, 0.2) is 54.6 Å². The highest BCUT2D eigenvalue weighted by molar-refractivity contribution is 6.11. The number of nitrogens with one attached hydrogen (secondary N) is 2. The molecule has 0 atom stereocenters. The predicted molar refractivity (Wildman–Crippen MR) is 147 cm³/mol. The van der Waals surface area contributed by atoms with Gasteiger partial charge in [-0.1, -0.05) is 6.07 Å². The summed E-state index contributed by atoms with van der Waals surface area (Å²) in [6.07, 6.45) is 0.304. The van der Waals surface area contributed by atoms with Crippen LogP contribution in [0.4, 0.5) is 20.3 Å². The summed E-state index contributed by atoms with van der Waals surface area (Å²) in [5, 5.41) is 10.5. The van der Waals surface area contributed by atoms with Crippen molar-refractivity contribution in [2.75, 3.05) is 37.2 Å². The number of benzene rings is 3. The number of aromatic nitrogens is 2. The van der Waals surface area contributed by atoms with Crippen LogP contribution in [-0.4, -0.2) is 64.0 Å². The summed E-state index contributed by atoms with van der Waals surface area (Å²) in [4.78, 5) is 30.2. The van der Waals surface area contributed by atoms with Crippen LogP contribution in [0.5, 0.6) is 0 Å². The average molecular weight is 533 g/mol. The van der Waals surface area contributed by atoms with E-state index in [2.05, 4.69) is 34.3 Å². The number of nitrogens with two attached hydrogens (primary N) is 1. The van der Waals surface area contributed by atoms with Crippen LogP contribution < -0.4 is 11.1 Å². The number of fused-ring (bicyclic) bond motifs is 1. The van der Waals surface area contributed by atoms with E-state index < -0.39 is 17.5 Å². The van der Waals surface area contributed by atoms with E-state index in [0.717, 1.165) is 24.7 Å². The molecule has 3 aromatic carbocycles. The second kappa shape index (κ2) is 10.8. The molecule has 202 valence electrons. The second-order valence-corrected chi connectivity index (χ2v) is 10.1. The summed E-state index contributed by atoms with van der Waals surface area (Å²) >= 11 is 0. The van der Waals surface area contributed by atoms with E-state index in [-0.39, 0.29) is 17.2 Å². The third-order valence-corrected chi connectivity index (χ3v) is 7.06. The number of carbonyl (C=O) groups is 2. The Morgan fingerprint density at radius 2 is 1.69 bits per heavy atom. The van der Waals surface area contributed by atoms with Crippen LogP contribution in [0.2, 0.25) is 0 Å². The van der Waals surface area contributed by atoms with Crippen molar-refractivity contribution in [3.63, 3.8) is 0 Å². The van der Waals surface area contributed by atoms with Gasteiger partial charge in [0.1, 0.15) is 11.6 Å². The van der Waals surface area contributed by atoms with E-state index >= 15 is 0 Å². The zero-order valence-electron chi connectivity index (χ0n) is 21.8. The monoisotopic (exact) mass is 532 g/mol. The number of hydrogen-bond donors (Lipinski definition) is 3. The highest BCUT2D eigenvalue weighted by atomic mass is 19.1. The Hall–Kier alpha value is -4.31. The van der Waals surface area contributed by atoms with Gasteiger partial charge in [-0.05, 0) is 73.9 Å². The first-order valence-corrected chi connectivity index (χ1v) is 12.8. The van der Waals surface area contributed by atoms with E-state index in [9.17, 15) is 18.4 Å². The number of anilines is 2. The van der Waals surface area contributed by atoms with Gasteiger partial charge in [0.25, 0.3) is 11.8 Å². The van der Waals surface area contributed by atoms with E-state index in [0.29, 0.717) is 53.4 Å². The molecule has 1 aliphatic rings.